The van der Waals surface area contributed by atoms with Gasteiger partial charge in [0.15, 0.2) is 0 Å². The summed E-state index contributed by atoms with van der Waals surface area (Å²) in [6, 6.07) is 6.72. The fraction of sp³-hybridized carbons (Fsp3) is 0.600. The molecule has 0 bridgehead atoms. The molecule has 1 fully saturated rings. The highest BCUT2D eigenvalue weighted by Gasteiger charge is 2.35. The molecule has 19 heavy (non-hydrogen) atoms. The summed E-state index contributed by atoms with van der Waals surface area (Å²) < 4.78 is 24.3. The van der Waals surface area contributed by atoms with E-state index in [0.29, 0.717) is 11.8 Å². The maximum Gasteiger partial charge on any atom is 0.123 e. The summed E-state index contributed by atoms with van der Waals surface area (Å²) in [5.41, 5.74) is 1.14. The largest absolute Gasteiger partial charge is 0.251 e. The minimum atomic E-state index is -1.34. The molecule has 0 radical (unpaired) electrons. The van der Waals surface area contributed by atoms with Crippen LogP contribution in [0.2, 0.25) is 0 Å². The van der Waals surface area contributed by atoms with Crippen LogP contribution in [0, 0.1) is 11.7 Å². The quantitative estimate of drug-likeness (QED) is 0.883. The molecule has 0 saturated heterocycles. The molecule has 1 aromatic carbocycles. The molecule has 0 heterocycles. The fourth-order valence-electron chi connectivity index (χ4n) is 2.72. The number of halogens is 1. The molecule has 0 aromatic heterocycles. The third-order valence-electron chi connectivity index (χ3n) is 4.27. The lowest BCUT2D eigenvalue weighted by atomic mass is 9.70. The first-order valence-corrected chi connectivity index (χ1v) is 8.03. The van der Waals surface area contributed by atoms with E-state index in [2.05, 4.69) is 0 Å². The van der Waals surface area contributed by atoms with Crippen LogP contribution >= 0.6 is 0 Å². The summed E-state index contributed by atoms with van der Waals surface area (Å²) in [7, 11) is -1.34. The molecule has 2 nitrogen and oxygen atoms in total. The predicted octanol–water partition coefficient (Wildman–Crippen LogP) is 3.50. The summed E-state index contributed by atoms with van der Waals surface area (Å²) in [6.07, 6.45) is 4.45. The highest BCUT2D eigenvalue weighted by atomic mass is 32.2. The van der Waals surface area contributed by atoms with Gasteiger partial charge < -0.3 is 0 Å². The number of hydrogen-bond acceptors (Lipinski definition) is 1. The number of benzene rings is 1. The van der Waals surface area contributed by atoms with Gasteiger partial charge in [-0.25, -0.2) is 8.60 Å². The molecular weight excluding hydrogens is 261 g/mol. The van der Waals surface area contributed by atoms with Gasteiger partial charge in [-0.15, -0.1) is 0 Å². The van der Waals surface area contributed by atoms with Gasteiger partial charge in [0.25, 0.3) is 0 Å². The van der Waals surface area contributed by atoms with Crippen LogP contribution in [0.4, 0.5) is 4.39 Å². The minimum Gasteiger partial charge on any atom is -0.251 e. The molecular formula is C15H22FNOS. The van der Waals surface area contributed by atoms with Crippen LogP contribution in [0.25, 0.3) is 0 Å². The SMILES string of the molecule is CC(C)(C[C@H](c1ccc(F)cc1)C1CCC1)S(N)=O. The zero-order chi connectivity index (χ0) is 14.0. The normalized spacial score (nSPS) is 19.8. The Morgan fingerprint density at radius 1 is 1.37 bits per heavy atom. The van der Waals surface area contributed by atoms with E-state index < -0.39 is 15.7 Å². The van der Waals surface area contributed by atoms with E-state index in [1.165, 1.54) is 31.4 Å². The average Bonchev–Trinajstić information content (AvgIpc) is 2.26. The lowest BCUT2D eigenvalue weighted by Crippen LogP contribution is -2.36. The smallest absolute Gasteiger partial charge is 0.123 e. The summed E-state index contributed by atoms with van der Waals surface area (Å²) in [6.45, 7) is 3.89. The molecule has 1 aromatic rings. The number of rotatable bonds is 5. The molecule has 1 unspecified atom stereocenters. The Balaban J connectivity index is 2.21. The molecule has 0 amide bonds. The Labute approximate surface area is 117 Å². The van der Waals surface area contributed by atoms with E-state index in [1.807, 2.05) is 26.0 Å². The summed E-state index contributed by atoms with van der Waals surface area (Å²) in [4.78, 5) is 0. The summed E-state index contributed by atoms with van der Waals surface area (Å²) >= 11 is 0. The molecule has 4 heteroatoms. The van der Waals surface area contributed by atoms with Crippen molar-refractivity contribution in [1.82, 2.24) is 0 Å². The van der Waals surface area contributed by atoms with Gasteiger partial charge >= 0.3 is 0 Å². The second kappa shape index (κ2) is 5.71. The van der Waals surface area contributed by atoms with Crippen LogP contribution in [0.15, 0.2) is 24.3 Å². The number of nitrogens with two attached hydrogens (primary N) is 1. The zero-order valence-electron chi connectivity index (χ0n) is 11.6. The van der Waals surface area contributed by atoms with Crippen LogP contribution in [-0.2, 0) is 11.0 Å². The van der Waals surface area contributed by atoms with E-state index in [0.717, 1.165) is 12.0 Å². The molecule has 106 valence electrons. The highest BCUT2D eigenvalue weighted by molar-refractivity contribution is 7.84. The molecule has 1 saturated carbocycles. The van der Waals surface area contributed by atoms with Gasteiger partial charge in [0.1, 0.15) is 5.82 Å². The van der Waals surface area contributed by atoms with Crippen LogP contribution in [0.1, 0.15) is 51.0 Å². The molecule has 0 spiro atoms. The first kappa shape index (κ1) is 14.7. The van der Waals surface area contributed by atoms with Crippen molar-refractivity contribution in [2.75, 3.05) is 0 Å². The highest BCUT2D eigenvalue weighted by Crippen LogP contribution is 2.44. The molecule has 1 aliphatic rings. The van der Waals surface area contributed by atoms with Gasteiger partial charge in [-0.1, -0.05) is 18.6 Å². The first-order valence-electron chi connectivity index (χ1n) is 6.82. The van der Waals surface area contributed by atoms with Crippen molar-refractivity contribution in [2.24, 2.45) is 11.1 Å². The molecule has 2 N–H and O–H groups in total. The third-order valence-corrected chi connectivity index (χ3v) is 5.53. The molecule has 1 aliphatic carbocycles. The topological polar surface area (TPSA) is 43.1 Å². The van der Waals surface area contributed by atoms with Crippen LogP contribution in [0.3, 0.4) is 0 Å². The minimum absolute atomic E-state index is 0.210. The van der Waals surface area contributed by atoms with Crippen molar-refractivity contribution < 1.29 is 8.60 Å². The summed E-state index contributed by atoms with van der Waals surface area (Å²) in [5, 5.41) is 5.59. The van der Waals surface area contributed by atoms with Gasteiger partial charge in [-0.05, 0) is 62.6 Å². The average molecular weight is 283 g/mol. The van der Waals surface area contributed by atoms with Crippen molar-refractivity contribution in [3.8, 4) is 0 Å². The lowest BCUT2D eigenvalue weighted by molar-refractivity contribution is 0.241. The Morgan fingerprint density at radius 3 is 2.37 bits per heavy atom. The fourth-order valence-corrected chi connectivity index (χ4v) is 3.06. The third kappa shape index (κ3) is 3.42. The maximum atomic E-state index is 13.0. The van der Waals surface area contributed by atoms with E-state index in [9.17, 15) is 8.60 Å². The van der Waals surface area contributed by atoms with Crippen LogP contribution in [-0.4, -0.2) is 8.96 Å². The van der Waals surface area contributed by atoms with Crippen LogP contribution in [0.5, 0.6) is 0 Å². The van der Waals surface area contributed by atoms with Crippen molar-refractivity contribution in [2.45, 2.75) is 50.2 Å². The lowest BCUT2D eigenvalue weighted by Gasteiger charge is -2.38. The molecule has 2 rings (SSSR count). The Kier molecular flexibility index (Phi) is 4.41. The Morgan fingerprint density at radius 2 is 1.95 bits per heavy atom. The Bertz CT molecular complexity index is 454. The van der Waals surface area contributed by atoms with Crippen molar-refractivity contribution >= 4 is 11.0 Å². The van der Waals surface area contributed by atoms with Gasteiger partial charge in [0, 0.05) is 0 Å². The van der Waals surface area contributed by atoms with Crippen molar-refractivity contribution in [3.05, 3.63) is 35.6 Å². The monoisotopic (exact) mass is 283 g/mol. The van der Waals surface area contributed by atoms with Crippen molar-refractivity contribution in [1.29, 1.82) is 0 Å². The van der Waals surface area contributed by atoms with E-state index in [1.54, 1.807) is 0 Å². The maximum absolute atomic E-state index is 13.0. The van der Waals surface area contributed by atoms with E-state index in [-0.39, 0.29) is 5.82 Å². The van der Waals surface area contributed by atoms with Crippen LogP contribution < -0.4 is 5.14 Å². The van der Waals surface area contributed by atoms with Gasteiger partial charge in [-0.3, -0.25) is 5.14 Å². The molecule has 2 atom stereocenters. The van der Waals surface area contributed by atoms with E-state index >= 15 is 0 Å². The van der Waals surface area contributed by atoms with Gasteiger partial charge in [-0.2, -0.15) is 0 Å². The Hall–Kier alpha value is -0.740. The standard InChI is InChI=1S/C15H22FNOS/c1-15(2,19(17)18)10-14(11-4-3-5-11)12-6-8-13(16)9-7-12/h6-9,11,14H,3-5,10,17H2,1-2H3/t14-,19?/m0/s1. The number of hydrogen-bond donors (Lipinski definition) is 1. The second-order valence-corrected chi connectivity index (χ2v) is 7.81. The first-order chi connectivity index (χ1) is 8.90. The zero-order valence-corrected chi connectivity index (χ0v) is 12.4. The van der Waals surface area contributed by atoms with Gasteiger partial charge in [0.2, 0.25) is 0 Å². The summed E-state index contributed by atoms with van der Waals surface area (Å²) in [5.74, 6) is 0.739. The second-order valence-electron chi connectivity index (χ2n) is 6.11. The van der Waals surface area contributed by atoms with Gasteiger partial charge in [0.05, 0.1) is 15.7 Å². The molecule has 0 aliphatic heterocycles. The van der Waals surface area contributed by atoms with E-state index in [4.69, 9.17) is 5.14 Å². The van der Waals surface area contributed by atoms with Crippen molar-refractivity contribution in [3.63, 3.8) is 0 Å². The predicted molar refractivity (Wildman–Crippen MR) is 77.5 cm³/mol.